The van der Waals surface area contributed by atoms with Crippen molar-refractivity contribution in [2.45, 2.75) is 59.0 Å². The standard InChI is InChI=1S/C26H48N6.HI/c1-5-30(6-2)18-12-13-24(3)29-26(27-4)28-16-10-11-17-31-19-21-32(22-20-31)23-25-14-8-7-9-15-25;/h7-9,14-15,24H,5-6,10-13,16-23H2,1-4H3,(H2,27,28,29);1H. The van der Waals surface area contributed by atoms with Crippen molar-refractivity contribution >= 4 is 29.9 Å². The zero-order chi connectivity index (χ0) is 23.0. The van der Waals surface area contributed by atoms with E-state index in [0.717, 1.165) is 32.1 Å². The first kappa shape index (κ1) is 30.1. The van der Waals surface area contributed by atoms with E-state index >= 15 is 0 Å². The highest BCUT2D eigenvalue weighted by Crippen LogP contribution is 2.09. The molecule has 2 N–H and O–H groups in total. The van der Waals surface area contributed by atoms with E-state index < -0.39 is 0 Å². The number of piperazine rings is 1. The maximum absolute atomic E-state index is 4.40. The summed E-state index contributed by atoms with van der Waals surface area (Å²) in [5.74, 6) is 0.940. The van der Waals surface area contributed by atoms with E-state index in [-0.39, 0.29) is 24.0 Å². The molecule has 0 amide bonds. The van der Waals surface area contributed by atoms with E-state index in [0.29, 0.717) is 6.04 Å². The number of benzene rings is 1. The Morgan fingerprint density at radius 3 is 2.30 bits per heavy atom. The molecule has 1 aliphatic rings. The van der Waals surface area contributed by atoms with Gasteiger partial charge in [0.2, 0.25) is 0 Å². The van der Waals surface area contributed by atoms with Crippen LogP contribution in [0.15, 0.2) is 35.3 Å². The Bertz CT molecular complexity index is 614. The van der Waals surface area contributed by atoms with Gasteiger partial charge in [0, 0.05) is 52.4 Å². The van der Waals surface area contributed by atoms with Crippen molar-refractivity contribution in [3.8, 4) is 0 Å². The Kier molecular flexibility index (Phi) is 16.8. The first-order chi connectivity index (χ1) is 15.6. The van der Waals surface area contributed by atoms with Gasteiger partial charge in [0.1, 0.15) is 0 Å². The fourth-order valence-corrected chi connectivity index (χ4v) is 4.34. The van der Waals surface area contributed by atoms with Gasteiger partial charge in [-0.1, -0.05) is 44.2 Å². The Balaban J connectivity index is 0.00000544. The molecule has 1 heterocycles. The van der Waals surface area contributed by atoms with Crippen LogP contribution in [0.1, 0.15) is 52.0 Å². The van der Waals surface area contributed by atoms with E-state index in [1.165, 1.54) is 70.5 Å². The molecule has 2 rings (SSSR count). The Morgan fingerprint density at radius 1 is 1.00 bits per heavy atom. The first-order valence-corrected chi connectivity index (χ1v) is 12.8. The minimum absolute atomic E-state index is 0. The molecule has 1 aromatic carbocycles. The molecule has 1 atom stereocenters. The third-order valence-corrected chi connectivity index (χ3v) is 6.52. The molecular formula is C26H49IN6. The van der Waals surface area contributed by atoms with Gasteiger partial charge in [-0.15, -0.1) is 24.0 Å². The highest BCUT2D eigenvalue weighted by Gasteiger charge is 2.16. The molecule has 1 saturated heterocycles. The largest absolute Gasteiger partial charge is 0.356 e. The number of nitrogens with one attached hydrogen (secondary N) is 2. The van der Waals surface area contributed by atoms with Crippen LogP contribution in [0.3, 0.4) is 0 Å². The SMILES string of the molecule is CCN(CC)CCCC(C)NC(=NC)NCCCCN1CCN(Cc2ccccc2)CC1.I. The molecule has 0 aliphatic carbocycles. The number of rotatable bonds is 14. The summed E-state index contributed by atoms with van der Waals surface area (Å²) in [6.07, 6.45) is 4.82. The number of halogens is 1. The third-order valence-electron chi connectivity index (χ3n) is 6.52. The third kappa shape index (κ3) is 12.9. The lowest BCUT2D eigenvalue weighted by Gasteiger charge is -2.34. The second-order valence-electron chi connectivity index (χ2n) is 9.02. The van der Waals surface area contributed by atoms with Crippen LogP contribution in [0.2, 0.25) is 0 Å². The van der Waals surface area contributed by atoms with Crippen LogP contribution in [0.5, 0.6) is 0 Å². The maximum Gasteiger partial charge on any atom is 0.191 e. The molecule has 0 saturated carbocycles. The summed E-state index contributed by atoms with van der Waals surface area (Å²) >= 11 is 0. The molecule has 1 unspecified atom stereocenters. The van der Waals surface area contributed by atoms with Gasteiger partial charge < -0.3 is 20.4 Å². The van der Waals surface area contributed by atoms with Gasteiger partial charge in [0.05, 0.1) is 0 Å². The molecule has 1 fully saturated rings. The summed E-state index contributed by atoms with van der Waals surface area (Å²) in [6, 6.07) is 11.3. The molecule has 1 aliphatic heterocycles. The number of aliphatic imine (C=N–C) groups is 1. The Labute approximate surface area is 220 Å². The van der Waals surface area contributed by atoms with Gasteiger partial charge in [-0.2, -0.15) is 0 Å². The minimum Gasteiger partial charge on any atom is -0.356 e. The summed E-state index contributed by atoms with van der Waals surface area (Å²) in [5, 5.41) is 7.04. The molecule has 0 bridgehead atoms. The van der Waals surface area contributed by atoms with Crippen LogP contribution < -0.4 is 10.6 Å². The molecule has 33 heavy (non-hydrogen) atoms. The van der Waals surface area contributed by atoms with Crippen molar-refractivity contribution < 1.29 is 0 Å². The van der Waals surface area contributed by atoms with Crippen molar-refractivity contribution in [2.75, 3.05) is 66.0 Å². The molecule has 0 radical (unpaired) electrons. The van der Waals surface area contributed by atoms with Gasteiger partial charge in [0.15, 0.2) is 5.96 Å². The van der Waals surface area contributed by atoms with Crippen LogP contribution in [0.4, 0.5) is 0 Å². The van der Waals surface area contributed by atoms with Gasteiger partial charge in [-0.05, 0) is 64.3 Å². The van der Waals surface area contributed by atoms with E-state index in [9.17, 15) is 0 Å². The zero-order valence-corrected chi connectivity index (χ0v) is 23.9. The lowest BCUT2D eigenvalue weighted by Crippen LogP contribution is -2.46. The topological polar surface area (TPSA) is 46.1 Å². The summed E-state index contributed by atoms with van der Waals surface area (Å²) in [5.41, 5.74) is 1.42. The fourth-order valence-electron chi connectivity index (χ4n) is 4.34. The van der Waals surface area contributed by atoms with E-state index in [4.69, 9.17) is 0 Å². The van der Waals surface area contributed by atoms with E-state index in [2.05, 4.69) is 81.4 Å². The van der Waals surface area contributed by atoms with Gasteiger partial charge in [0.25, 0.3) is 0 Å². The quantitative estimate of drug-likeness (QED) is 0.153. The summed E-state index contributed by atoms with van der Waals surface area (Å²) in [6.45, 7) is 18.2. The van der Waals surface area contributed by atoms with Crippen LogP contribution in [-0.2, 0) is 6.54 Å². The molecule has 0 spiro atoms. The second-order valence-corrected chi connectivity index (χ2v) is 9.02. The van der Waals surface area contributed by atoms with Gasteiger partial charge in [-0.25, -0.2) is 0 Å². The van der Waals surface area contributed by atoms with Crippen molar-refractivity contribution in [3.05, 3.63) is 35.9 Å². The lowest BCUT2D eigenvalue weighted by atomic mass is 10.2. The highest BCUT2D eigenvalue weighted by atomic mass is 127. The monoisotopic (exact) mass is 572 g/mol. The minimum atomic E-state index is 0. The van der Waals surface area contributed by atoms with Gasteiger partial charge in [-0.3, -0.25) is 9.89 Å². The molecule has 7 heteroatoms. The number of hydrogen-bond acceptors (Lipinski definition) is 4. The highest BCUT2D eigenvalue weighted by molar-refractivity contribution is 14.0. The lowest BCUT2D eigenvalue weighted by molar-refractivity contribution is 0.126. The number of nitrogens with zero attached hydrogens (tertiary/aromatic N) is 4. The van der Waals surface area contributed by atoms with Crippen molar-refractivity contribution in [1.29, 1.82) is 0 Å². The number of unbranched alkanes of at least 4 members (excludes halogenated alkanes) is 1. The second kappa shape index (κ2) is 18.4. The fraction of sp³-hybridized carbons (Fsp3) is 0.731. The average molecular weight is 573 g/mol. The average Bonchev–Trinajstić information content (AvgIpc) is 2.82. The van der Waals surface area contributed by atoms with Crippen LogP contribution in [-0.4, -0.2) is 92.7 Å². The summed E-state index contributed by atoms with van der Waals surface area (Å²) in [4.78, 5) is 12.1. The van der Waals surface area contributed by atoms with Crippen LogP contribution in [0, 0.1) is 0 Å². The Hall–Kier alpha value is -0.900. The number of hydrogen-bond donors (Lipinski definition) is 2. The first-order valence-electron chi connectivity index (χ1n) is 12.8. The van der Waals surface area contributed by atoms with Crippen LogP contribution in [0.25, 0.3) is 0 Å². The van der Waals surface area contributed by atoms with Crippen molar-refractivity contribution in [2.24, 2.45) is 4.99 Å². The van der Waals surface area contributed by atoms with Gasteiger partial charge >= 0.3 is 0 Å². The van der Waals surface area contributed by atoms with Crippen molar-refractivity contribution in [3.63, 3.8) is 0 Å². The molecule has 190 valence electrons. The summed E-state index contributed by atoms with van der Waals surface area (Å²) < 4.78 is 0. The predicted octanol–water partition coefficient (Wildman–Crippen LogP) is 3.88. The maximum atomic E-state index is 4.40. The van der Waals surface area contributed by atoms with Crippen LogP contribution >= 0.6 is 24.0 Å². The number of guanidine groups is 1. The zero-order valence-electron chi connectivity index (χ0n) is 21.6. The smallest absolute Gasteiger partial charge is 0.191 e. The molecule has 1 aromatic rings. The summed E-state index contributed by atoms with van der Waals surface area (Å²) in [7, 11) is 1.87. The van der Waals surface area contributed by atoms with E-state index in [1.54, 1.807) is 0 Å². The predicted molar refractivity (Wildman–Crippen MR) is 154 cm³/mol. The normalized spacial score (nSPS) is 16.5. The van der Waals surface area contributed by atoms with Crippen molar-refractivity contribution in [1.82, 2.24) is 25.3 Å². The Morgan fingerprint density at radius 2 is 1.67 bits per heavy atom. The molecule has 0 aromatic heterocycles. The van der Waals surface area contributed by atoms with E-state index in [1.807, 2.05) is 7.05 Å². The molecular weight excluding hydrogens is 523 g/mol. The molecule has 6 nitrogen and oxygen atoms in total.